The van der Waals surface area contributed by atoms with Gasteiger partial charge in [-0.3, -0.25) is 0 Å². The lowest BCUT2D eigenvalue weighted by Crippen LogP contribution is -2.27. The van der Waals surface area contributed by atoms with Gasteiger partial charge in [0.25, 0.3) is 0 Å². The largest absolute Gasteiger partial charge is 0.457 e. The standard InChI is InChI=1S/C39H34O/c1-38(2)32-18-8-9-20-35(32)40-36-22-21-26(25-34(36)38)27-13-4-5-14-28(27)29-16-12-19-33-37(29)30-15-6-7-17-31(30)39(33)23-10-3-11-24-39/h4-9,12-22,25H,3,10-11,23-24H2,1-2H3. The van der Waals surface area contributed by atoms with Crippen LogP contribution >= 0.6 is 0 Å². The van der Waals surface area contributed by atoms with Gasteiger partial charge in [-0.15, -0.1) is 0 Å². The van der Waals surface area contributed by atoms with E-state index in [4.69, 9.17) is 4.74 Å². The zero-order valence-corrected chi connectivity index (χ0v) is 23.3. The topological polar surface area (TPSA) is 9.23 Å². The Morgan fingerprint density at radius 1 is 0.500 bits per heavy atom. The summed E-state index contributed by atoms with van der Waals surface area (Å²) in [4.78, 5) is 0. The lowest BCUT2D eigenvalue weighted by atomic mass is 9.67. The number of hydrogen-bond acceptors (Lipinski definition) is 1. The zero-order chi connectivity index (χ0) is 26.9. The van der Waals surface area contributed by atoms with Crippen molar-refractivity contribution in [1.82, 2.24) is 0 Å². The van der Waals surface area contributed by atoms with Crippen LogP contribution in [0.4, 0.5) is 0 Å². The SMILES string of the molecule is CC1(C)c2ccccc2Oc2ccc(-c3ccccc3-c3cccc4c3-c3ccccc3C43CCCCC3)cc21. The monoisotopic (exact) mass is 518 g/mol. The summed E-state index contributed by atoms with van der Waals surface area (Å²) in [5, 5.41) is 0. The highest BCUT2D eigenvalue weighted by molar-refractivity contribution is 5.97. The maximum atomic E-state index is 6.38. The van der Waals surface area contributed by atoms with Crippen molar-refractivity contribution in [3.05, 3.63) is 131 Å². The summed E-state index contributed by atoms with van der Waals surface area (Å²) in [5.41, 5.74) is 13.6. The van der Waals surface area contributed by atoms with E-state index in [1.54, 1.807) is 5.56 Å². The van der Waals surface area contributed by atoms with Crippen molar-refractivity contribution in [3.63, 3.8) is 0 Å². The van der Waals surface area contributed by atoms with Crippen LogP contribution in [0.25, 0.3) is 33.4 Å². The molecule has 5 aromatic rings. The molecule has 2 aliphatic carbocycles. The quantitative estimate of drug-likeness (QED) is 0.226. The average molecular weight is 519 g/mol. The van der Waals surface area contributed by atoms with Crippen LogP contribution in [0.3, 0.4) is 0 Å². The molecule has 1 saturated carbocycles. The van der Waals surface area contributed by atoms with Crippen molar-refractivity contribution < 1.29 is 4.74 Å². The molecule has 1 aliphatic heterocycles. The normalized spacial score (nSPS) is 17.4. The molecular weight excluding hydrogens is 484 g/mol. The van der Waals surface area contributed by atoms with Gasteiger partial charge in [0.05, 0.1) is 0 Å². The predicted octanol–water partition coefficient (Wildman–Crippen LogP) is 10.7. The average Bonchev–Trinajstić information content (AvgIpc) is 3.27. The first kappa shape index (κ1) is 23.8. The van der Waals surface area contributed by atoms with E-state index in [1.165, 1.54) is 82.2 Å². The Morgan fingerprint density at radius 3 is 1.95 bits per heavy atom. The number of rotatable bonds is 2. The van der Waals surface area contributed by atoms with Crippen molar-refractivity contribution in [1.29, 1.82) is 0 Å². The summed E-state index contributed by atoms with van der Waals surface area (Å²) in [6.07, 6.45) is 6.48. The Bertz CT molecular complexity index is 1780. The van der Waals surface area contributed by atoms with Gasteiger partial charge in [-0.2, -0.15) is 0 Å². The second-order valence-electron chi connectivity index (χ2n) is 12.4. The van der Waals surface area contributed by atoms with E-state index in [9.17, 15) is 0 Å². The highest BCUT2D eigenvalue weighted by Gasteiger charge is 2.44. The molecule has 1 heterocycles. The molecule has 0 N–H and O–H groups in total. The van der Waals surface area contributed by atoms with Gasteiger partial charge < -0.3 is 4.74 Å². The molecule has 0 bridgehead atoms. The Morgan fingerprint density at radius 2 is 1.12 bits per heavy atom. The first-order chi connectivity index (χ1) is 19.6. The van der Waals surface area contributed by atoms with Crippen LogP contribution in [0.2, 0.25) is 0 Å². The fourth-order valence-corrected chi connectivity index (χ4v) is 8.00. The summed E-state index contributed by atoms with van der Waals surface area (Å²) < 4.78 is 6.38. The Kier molecular flexibility index (Phi) is 5.17. The molecule has 0 amide bonds. The van der Waals surface area contributed by atoms with Gasteiger partial charge in [-0.05, 0) is 75.5 Å². The fourth-order valence-electron chi connectivity index (χ4n) is 8.00. The van der Waals surface area contributed by atoms with E-state index in [0.29, 0.717) is 0 Å². The van der Waals surface area contributed by atoms with E-state index in [2.05, 4.69) is 123 Å². The number of para-hydroxylation sites is 1. The highest BCUT2D eigenvalue weighted by Crippen LogP contribution is 2.58. The van der Waals surface area contributed by atoms with Gasteiger partial charge in [0.15, 0.2) is 0 Å². The van der Waals surface area contributed by atoms with Crippen LogP contribution in [-0.2, 0) is 10.8 Å². The summed E-state index contributed by atoms with van der Waals surface area (Å²) in [6.45, 7) is 4.63. The summed E-state index contributed by atoms with van der Waals surface area (Å²) >= 11 is 0. The van der Waals surface area contributed by atoms with Gasteiger partial charge >= 0.3 is 0 Å². The zero-order valence-electron chi connectivity index (χ0n) is 23.3. The van der Waals surface area contributed by atoms with Gasteiger partial charge in [-0.25, -0.2) is 0 Å². The number of hydrogen-bond donors (Lipinski definition) is 0. The van der Waals surface area contributed by atoms with Crippen molar-refractivity contribution in [2.45, 2.75) is 56.8 Å². The van der Waals surface area contributed by atoms with Crippen LogP contribution in [0.15, 0.2) is 109 Å². The minimum absolute atomic E-state index is 0.143. The van der Waals surface area contributed by atoms with Gasteiger partial charge in [0.2, 0.25) is 0 Å². The van der Waals surface area contributed by atoms with E-state index in [-0.39, 0.29) is 10.8 Å². The third kappa shape index (κ3) is 3.27. The van der Waals surface area contributed by atoms with Gasteiger partial charge in [-0.1, -0.05) is 124 Å². The van der Waals surface area contributed by atoms with Crippen LogP contribution < -0.4 is 4.74 Å². The maximum absolute atomic E-state index is 6.38. The van der Waals surface area contributed by atoms with E-state index in [0.717, 1.165) is 11.5 Å². The maximum Gasteiger partial charge on any atom is 0.131 e. The molecule has 3 aliphatic rings. The highest BCUT2D eigenvalue weighted by atomic mass is 16.5. The minimum Gasteiger partial charge on any atom is -0.457 e. The van der Waals surface area contributed by atoms with Gasteiger partial charge in [0.1, 0.15) is 11.5 Å². The van der Waals surface area contributed by atoms with Crippen LogP contribution in [0, 0.1) is 0 Å². The molecule has 0 atom stereocenters. The third-order valence-electron chi connectivity index (χ3n) is 9.96. The molecule has 1 fully saturated rings. The fraction of sp³-hybridized carbons (Fsp3) is 0.231. The van der Waals surface area contributed by atoms with Gasteiger partial charge in [0, 0.05) is 22.0 Å². The van der Waals surface area contributed by atoms with Crippen molar-refractivity contribution >= 4 is 0 Å². The van der Waals surface area contributed by atoms with Crippen LogP contribution in [0.5, 0.6) is 11.5 Å². The molecule has 196 valence electrons. The van der Waals surface area contributed by atoms with Crippen LogP contribution in [0.1, 0.15) is 68.2 Å². The first-order valence-electron chi connectivity index (χ1n) is 14.8. The second kappa shape index (κ2) is 8.70. The van der Waals surface area contributed by atoms with Crippen molar-refractivity contribution in [2.75, 3.05) is 0 Å². The molecule has 40 heavy (non-hydrogen) atoms. The van der Waals surface area contributed by atoms with E-state index >= 15 is 0 Å². The first-order valence-corrected chi connectivity index (χ1v) is 14.8. The molecule has 0 aromatic heterocycles. The van der Waals surface area contributed by atoms with Crippen molar-refractivity contribution in [3.8, 4) is 44.9 Å². The van der Waals surface area contributed by atoms with E-state index in [1.807, 2.05) is 0 Å². The molecular formula is C39H34O. The number of benzene rings is 5. The molecule has 1 spiro atoms. The molecule has 5 aromatic carbocycles. The second-order valence-corrected chi connectivity index (χ2v) is 12.4. The molecule has 1 nitrogen and oxygen atoms in total. The molecule has 8 rings (SSSR count). The Hall–Kier alpha value is -4.10. The van der Waals surface area contributed by atoms with Crippen LogP contribution in [-0.4, -0.2) is 0 Å². The number of fused-ring (bicyclic) bond motifs is 7. The van der Waals surface area contributed by atoms with Crippen molar-refractivity contribution in [2.24, 2.45) is 0 Å². The molecule has 0 unspecified atom stereocenters. The smallest absolute Gasteiger partial charge is 0.131 e. The lowest BCUT2D eigenvalue weighted by Gasteiger charge is -2.36. The summed E-state index contributed by atoms with van der Waals surface area (Å²) in [5.74, 6) is 1.92. The number of ether oxygens (including phenoxy) is 1. The Balaban J connectivity index is 1.31. The third-order valence-corrected chi connectivity index (χ3v) is 9.96. The lowest BCUT2D eigenvalue weighted by molar-refractivity contribution is 0.353. The minimum atomic E-state index is -0.143. The molecule has 1 heteroatoms. The predicted molar refractivity (Wildman–Crippen MR) is 165 cm³/mol. The summed E-state index contributed by atoms with van der Waals surface area (Å²) in [6, 6.07) is 40.5. The molecule has 0 radical (unpaired) electrons. The molecule has 0 saturated heterocycles. The summed E-state index contributed by atoms with van der Waals surface area (Å²) in [7, 11) is 0. The Labute approximate surface area is 237 Å². The van der Waals surface area contributed by atoms with E-state index < -0.39 is 0 Å².